The van der Waals surface area contributed by atoms with E-state index in [1.807, 2.05) is 0 Å². The zero-order chi connectivity index (χ0) is 26.2. The molecule has 198 valence electrons. The first-order valence-electron chi connectivity index (χ1n) is 11.2. The molecule has 0 bridgehead atoms. The van der Waals surface area contributed by atoms with Crippen LogP contribution in [-0.2, 0) is 11.3 Å². The van der Waals surface area contributed by atoms with Gasteiger partial charge in [-0.2, -0.15) is 4.37 Å². The Balaban J connectivity index is 1.56. The van der Waals surface area contributed by atoms with Crippen LogP contribution in [0.1, 0.15) is 41.6 Å². The fraction of sp³-hybridized carbons (Fsp3) is 0.500. The molecule has 1 atom stereocenters. The van der Waals surface area contributed by atoms with Crippen LogP contribution >= 0.6 is 23.1 Å². The molecule has 0 aliphatic carbocycles. The molecule has 1 aliphatic heterocycles. The van der Waals surface area contributed by atoms with Gasteiger partial charge in [0.05, 0.1) is 23.8 Å². The molecule has 3 rings (SSSR count). The number of likely N-dealkylation sites (tertiary alicyclic amines) is 1. The number of anilines is 1. The predicted molar refractivity (Wildman–Crippen MR) is 127 cm³/mol. The summed E-state index contributed by atoms with van der Waals surface area (Å²) in [6.45, 7) is 2.26. The number of ether oxygens (including phenoxy) is 2. The minimum atomic E-state index is -1.53. The van der Waals surface area contributed by atoms with E-state index in [9.17, 15) is 27.9 Å². The Hall–Kier alpha value is -2.61. The Morgan fingerprint density at radius 1 is 1.25 bits per heavy atom. The molecule has 1 aromatic carbocycles. The van der Waals surface area contributed by atoms with Gasteiger partial charge in [-0.25, -0.2) is 22.8 Å². The highest BCUT2D eigenvalue weighted by molar-refractivity contribution is 7.11. The summed E-state index contributed by atoms with van der Waals surface area (Å²) in [5.74, 6) is -5.41. The van der Waals surface area contributed by atoms with Gasteiger partial charge in [0.1, 0.15) is 17.4 Å². The Morgan fingerprint density at radius 2 is 1.97 bits per heavy atom. The maximum Gasteiger partial charge on any atom is 0.346 e. The highest BCUT2D eigenvalue weighted by Crippen LogP contribution is 2.32. The smallest absolute Gasteiger partial charge is 0.346 e. The van der Waals surface area contributed by atoms with Crippen LogP contribution in [0.4, 0.5) is 23.0 Å². The Bertz CT molecular complexity index is 1080. The second kappa shape index (κ2) is 13.1. The van der Waals surface area contributed by atoms with Crippen molar-refractivity contribution in [2.45, 2.75) is 38.4 Å². The lowest BCUT2D eigenvalue weighted by Gasteiger charge is -2.17. The van der Waals surface area contributed by atoms with Crippen LogP contribution in [0.5, 0.6) is 5.88 Å². The molecule has 2 aromatic rings. The van der Waals surface area contributed by atoms with Crippen LogP contribution in [-0.4, -0.2) is 65.8 Å². The monoisotopic (exact) mass is 550 g/mol. The summed E-state index contributed by atoms with van der Waals surface area (Å²) in [4.78, 5) is 26.8. The summed E-state index contributed by atoms with van der Waals surface area (Å²) in [5, 5.41) is 14.4. The SMILES string of the molecule is COC(=O)c1c(OCc2c(F)cc(Cl)c(F)c2F)nsc1NC(=O)NCCC(O)CCN1CCCC1. The second-order valence-corrected chi connectivity index (χ2v) is 9.26. The summed E-state index contributed by atoms with van der Waals surface area (Å²) >= 11 is 6.09. The molecule has 1 unspecified atom stereocenters. The molecule has 2 amide bonds. The number of hydrogen-bond acceptors (Lipinski definition) is 8. The largest absolute Gasteiger partial charge is 0.471 e. The van der Waals surface area contributed by atoms with Crippen molar-refractivity contribution >= 4 is 40.1 Å². The number of esters is 1. The molecule has 0 saturated carbocycles. The van der Waals surface area contributed by atoms with Gasteiger partial charge in [-0.15, -0.1) is 0 Å². The second-order valence-electron chi connectivity index (χ2n) is 8.08. The highest BCUT2D eigenvalue weighted by Gasteiger charge is 2.26. The Kier molecular flexibility index (Phi) is 10.2. The third-order valence-electron chi connectivity index (χ3n) is 5.58. The van der Waals surface area contributed by atoms with Gasteiger partial charge < -0.3 is 24.8 Å². The lowest BCUT2D eigenvalue weighted by Crippen LogP contribution is -2.32. The number of rotatable bonds is 11. The number of halogens is 4. The summed E-state index contributed by atoms with van der Waals surface area (Å²) in [7, 11) is 1.09. The van der Waals surface area contributed by atoms with Gasteiger partial charge in [0.15, 0.2) is 17.2 Å². The van der Waals surface area contributed by atoms with Crippen molar-refractivity contribution < 1.29 is 37.3 Å². The summed E-state index contributed by atoms with van der Waals surface area (Å²) in [6.07, 6.45) is 2.71. The summed E-state index contributed by atoms with van der Waals surface area (Å²) < 4.78 is 55.6. The number of aromatic nitrogens is 1. The maximum absolute atomic E-state index is 14.1. The van der Waals surface area contributed by atoms with E-state index in [1.165, 1.54) is 12.8 Å². The Morgan fingerprint density at radius 3 is 2.67 bits per heavy atom. The van der Waals surface area contributed by atoms with Gasteiger partial charge in [0, 0.05) is 13.1 Å². The molecular weight excluding hydrogens is 525 g/mol. The van der Waals surface area contributed by atoms with Crippen LogP contribution in [0.15, 0.2) is 6.07 Å². The molecule has 36 heavy (non-hydrogen) atoms. The quantitative estimate of drug-likeness (QED) is 0.221. The van der Waals surface area contributed by atoms with E-state index in [4.69, 9.17) is 16.3 Å². The van der Waals surface area contributed by atoms with Gasteiger partial charge in [0.2, 0.25) is 5.88 Å². The lowest BCUT2D eigenvalue weighted by atomic mass is 10.2. The van der Waals surface area contributed by atoms with E-state index in [0.29, 0.717) is 30.4 Å². The van der Waals surface area contributed by atoms with Crippen molar-refractivity contribution in [3.8, 4) is 5.88 Å². The van der Waals surface area contributed by atoms with Gasteiger partial charge in [-0.1, -0.05) is 11.6 Å². The molecule has 1 aromatic heterocycles. The first-order valence-corrected chi connectivity index (χ1v) is 12.3. The van der Waals surface area contributed by atoms with Crippen LogP contribution in [0.2, 0.25) is 5.02 Å². The molecular formula is C22H26ClF3N4O5S. The van der Waals surface area contributed by atoms with E-state index in [-0.39, 0.29) is 23.0 Å². The highest BCUT2D eigenvalue weighted by atomic mass is 35.5. The van der Waals surface area contributed by atoms with Crippen molar-refractivity contribution in [2.75, 3.05) is 38.6 Å². The van der Waals surface area contributed by atoms with Crippen LogP contribution in [0.3, 0.4) is 0 Å². The fourth-order valence-corrected chi connectivity index (χ4v) is 4.50. The number of aliphatic hydroxyl groups excluding tert-OH is 1. The predicted octanol–water partition coefficient (Wildman–Crippen LogP) is 3.94. The summed E-state index contributed by atoms with van der Waals surface area (Å²) in [5.41, 5.74) is -1.03. The molecule has 2 heterocycles. The van der Waals surface area contributed by atoms with Crippen molar-refractivity contribution in [2.24, 2.45) is 0 Å². The van der Waals surface area contributed by atoms with E-state index in [0.717, 1.165) is 26.7 Å². The molecule has 1 fully saturated rings. The van der Waals surface area contributed by atoms with E-state index in [1.54, 1.807) is 0 Å². The van der Waals surface area contributed by atoms with Crippen LogP contribution in [0, 0.1) is 17.5 Å². The van der Waals surface area contributed by atoms with Crippen molar-refractivity contribution in [1.82, 2.24) is 14.6 Å². The molecule has 9 nitrogen and oxygen atoms in total. The van der Waals surface area contributed by atoms with Crippen LogP contribution in [0.25, 0.3) is 0 Å². The van der Waals surface area contributed by atoms with E-state index < -0.39 is 52.7 Å². The molecule has 1 aliphatic rings. The number of methoxy groups -OCH3 is 1. The first kappa shape index (κ1) is 28.0. The molecule has 14 heteroatoms. The number of aliphatic hydroxyl groups is 1. The fourth-order valence-electron chi connectivity index (χ4n) is 3.60. The zero-order valence-corrected chi connectivity index (χ0v) is 21.0. The van der Waals surface area contributed by atoms with E-state index in [2.05, 4.69) is 24.6 Å². The van der Waals surface area contributed by atoms with Crippen LogP contribution < -0.4 is 15.4 Å². The van der Waals surface area contributed by atoms with Gasteiger partial charge in [-0.05, 0) is 56.4 Å². The topological polar surface area (TPSA) is 113 Å². The number of carbonyl (C=O) groups excluding carboxylic acids is 2. The number of amides is 2. The maximum atomic E-state index is 14.1. The zero-order valence-electron chi connectivity index (χ0n) is 19.4. The average molecular weight is 551 g/mol. The third-order valence-corrected chi connectivity index (χ3v) is 6.60. The minimum absolute atomic E-state index is 0.0350. The molecule has 3 N–H and O–H groups in total. The Labute approximate surface area is 214 Å². The van der Waals surface area contributed by atoms with Crippen molar-refractivity contribution in [3.05, 3.63) is 39.7 Å². The molecule has 0 spiro atoms. The normalized spacial score (nSPS) is 14.5. The first-order chi connectivity index (χ1) is 17.2. The number of benzene rings is 1. The minimum Gasteiger partial charge on any atom is -0.471 e. The number of hydrogen-bond donors (Lipinski definition) is 3. The summed E-state index contributed by atoms with van der Waals surface area (Å²) in [6, 6.07) is -0.0688. The lowest BCUT2D eigenvalue weighted by molar-refractivity contribution is 0.0596. The van der Waals surface area contributed by atoms with E-state index >= 15 is 0 Å². The van der Waals surface area contributed by atoms with Crippen molar-refractivity contribution in [1.29, 1.82) is 0 Å². The number of urea groups is 1. The number of nitrogens with zero attached hydrogens (tertiary/aromatic N) is 2. The number of nitrogens with one attached hydrogen (secondary N) is 2. The van der Waals surface area contributed by atoms with Gasteiger partial charge in [0.25, 0.3) is 0 Å². The van der Waals surface area contributed by atoms with Gasteiger partial charge in [-0.3, -0.25) is 5.32 Å². The molecule has 1 saturated heterocycles. The molecule has 0 radical (unpaired) electrons. The third kappa shape index (κ3) is 7.21. The average Bonchev–Trinajstić information content (AvgIpc) is 3.51. The standard InChI is InChI=1S/C22H26ClF3N4O5S/c1-34-21(32)16-19(35-11-13-15(24)10-14(23)18(26)17(13)25)29-36-20(16)28-22(33)27-6-4-12(31)5-9-30-7-2-3-8-30/h10,12,31H,2-9,11H2,1H3,(H2,27,28,33). The number of carbonyl (C=O) groups is 2. The van der Waals surface area contributed by atoms with Crippen molar-refractivity contribution in [3.63, 3.8) is 0 Å². The van der Waals surface area contributed by atoms with Gasteiger partial charge >= 0.3 is 12.0 Å².